The van der Waals surface area contributed by atoms with E-state index < -0.39 is 5.91 Å². The Morgan fingerprint density at radius 1 is 1.11 bits per heavy atom. The largest absolute Gasteiger partial charge is 0.345 e. The Morgan fingerprint density at radius 2 is 1.89 bits per heavy atom. The van der Waals surface area contributed by atoms with Gasteiger partial charge < -0.3 is 15.5 Å². The van der Waals surface area contributed by atoms with E-state index in [1.807, 2.05) is 0 Å². The fraction of sp³-hybridized carbons (Fsp3) is 0.857. The molecular weight excluding hydrogens is 242 g/mol. The van der Waals surface area contributed by atoms with Crippen LogP contribution in [0.3, 0.4) is 0 Å². The summed E-state index contributed by atoms with van der Waals surface area (Å²) in [5.41, 5.74) is 0. The molecule has 5 nitrogen and oxygen atoms in total. The Kier molecular flexibility index (Phi) is 5.19. The highest BCUT2D eigenvalue weighted by atomic mass is 16.2. The molecule has 108 valence electrons. The molecule has 0 bridgehead atoms. The first kappa shape index (κ1) is 14.3. The van der Waals surface area contributed by atoms with Crippen LogP contribution in [-0.4, -0.2) is 48.9 Å². The highest BCUT2D eigenvalue weighted by Crippen LogP contribution is 2.23. The lowest BCUT2D eigenvalue weighted by atomic mass is 9.86. The Labute approximate surface area is 115 Å². The highest BCUT2D eigenvalue weighted by molar-refractivity contribution is 6.35. The van der Waals surface area contributed by atoms with E-state index in [1.165, 1.54) is 6.42 Å². The summed E-state index contributed by atoms with van der Waals surface area (Å²) >= 11 is 0. The average Bonchev–Trinajstić information content (AvgIpc) is 2.69. The minimum atomic E-state index is -0.416. The first-order valence-electron chi connectivity index (χ1n) is 7.49. The van der Waals surface area contributed by atoms with Gasteiger partial charge in [-0.1, -0.05) is 19.8 Å². The zero-order valence-corrected chi connectivity index (χ0v) is 11.8. The summed E-state index contributed by atoms with van der Waals surface area (Å²) in [6, 6.07) is 0.176. The maximum absolute atomic E-state index is 12.1. The third kappa shape index (κ3) is 3.93. The van der Waals surface area contributed by atoms with Gasteiger partial charge in [0.25, 0.3) is 0 Å². The van der Waals surface area contributed by atoms with Crippen LogP contribution in [-0.2, 0) is 9.59 Å². The maximum atomic E-state index is 12.1. The SMILES string of the molecule is CC1CCCCC1NC(=O)C(=O)N1CCCNCC1. The van der Waals surface area contributed by atoms with Gasteiger partial charge >= 0.3 is 11.8 Å². The summed E-state index contributed by atoms with van der Waals surface area (Å²) < 4.78 is 0. The summed E-state index contributed by atoms with van der Waals surface area (Å²) in [5.74, 6) is -0.293. The van der Waals surface area contributed by atoms with Crippen molar-refractivity contribution in [2.45, 2.75) is 45.1 Å². The molecule has 0 aromatic rings. The summed E-state index contributed by atoms with van der Waals surface area (Å²) in [7, 11) is 0. The molecule has 1 saturated carbocycles. The minimum Gasteiger partial charge on any atom is -0.345 e. The Bertz CT molecular complexity index is 325. The lowest BCUT2D eigenvalue weighted by Crippen LogP contribution is -2.49. The number of carbonyl (C=O) groups is 2. The topological polar surface area (TPSA) is 61.4 Å². The molecule has 1 saturated heterocycles. The molecule has 0 aromatic heterocycles. The third-order valence-corrected chi connectivity index (χ3v) is 4.25. The normalized spacial score (nSPS) is 28.6. The van der Waals surface area contributed by atoms with Crippen LogP contribution in [0.5, 0.6) is 0 Å². The van der Waals surface area contributed by atoms with Gasteiger partial charge in [-0.3, -0.25) is 9.59 Å². The van der Waals surface area contributed by atoms with Crippen LogP contribution in [0.2, 0.25) is 0 Å². The van der Waals surface area contributed by atoms with Crippen molar-refractivity contribution in [2.75, 3.05) is 26.2 Å². The molecule has 0 aromatic carbocycles. The molecule has 2 unspecified atom stereocenters. The van der Waals surface area contributed by atoms with Crippen LogP contribution in [0, 0.1) is 5.92 Å². The first-order valence-corrected chi connectivity index (χ1v) is 7.49. The Hall–Kier alpha value is -1.10. The lowest BCUT2D eigenvalue weighted by Gasteiger charge is -2.30. The molecule has 2 atom stereocenters. The molecule has 1 aliphatic heterocycles. The van der Waals surface area contributed by atoms with E-state index in [2.05, 4.69) is 17.6 Å². The number of nitrogens with one attached hydrogen (secondary N) is 2. The number of nitrogens with zero attached hydrogens (tertiary/aromatic N) is 1. The number of rotatable bonds is 1. The monoisotopic (exact) mass is 267 g/mol. The maximum Gasteiger partial charge on any atom is 0.311 e. The molecular formula is C14H25N3O2. The van der Waals surface area contributed by atoms with E-state index in [0.29, 0.717) is 19.0 Å². The van der Waals surface area contributed by atoms with Crippen LogP contribution in [0.1, 0.15) is 39.0 Å². The summed E-state index contributed by atoms with van der Waals surface area (Å²) in [6.45, 7) is 5.17. The predicted octanol–water partition coefficient (Wildman–Crippen LogP) is 0.503. The van der Waals surface area contributed by atoms with E-state index >= 15 is 0 Å². The van der Waals surface area contributed by atoms with Crippen molar-refractivity contribution in [2.24, 2.45) is 5.92 Å². The molecule has 0 spiro atoms. The van der Waals surface area contributed by atoms with Crippen LogP contribution in [0.15, 0.2) is 0 Å². The zero-order chi connectivity index (χ0) is 13.7. The van der Waals surface area contributed by atoms with Crippen molar-refractivity contribution in [3.8, 4) is 0 Å². The number of hydrogen-bond donors (Lipinski definition) is 2. The van der Waals surface area contributed by atoms with Gasteiger partial charge in [-0.05, 0) is 31.7 Å². The molecule has 2 fully saturated rings. The van der Waals surface area contributed by atoms with Crippen LogP contribution < -0.4 is 10.6 Å². The number of hydrogen-bond acceptors (Lipinski definition) is 3. The lowest BCUT2D eigenvalue weighted by molar-refractivity contribution is -0.146. The average molecular weight is 267 g/mol. The van der Waals surface area contributed by atoms with Crippen LogP contribution in [0.4, 0.5) is 0 Å². The van der Waals surface area contributed by atoms with Crippen LogP contribution in [0.25, 0.3) is 0 Å². The fourth-order valence-corrected chi connectivity index (χ4v) is 2.95. The molecule has 0 radical (unpaired) electrons. The highest BCUT2D eigenvalue weighted by Gasteiger charge is 2.28. The van der Waals surface area contributed by atoms with Gasteiger partial charge in [0, 0.05) is 25.7 Å². The second-order valence-electron chi connectivity index (χ2n) is 5.74. The molecule has 2 amide bonds. The Morgan fingerprint density at radius 3 is 2.68 bits per heavy atom. The predicted molar refractivity (Wildman–Crippen MR) is 73.6 cm³/mol. The van der Waals surface area contributed by atoms with E-state index in [0.717, 1.165) is 38.8 Å². The van der Waals surface area contributed by atoms with Crippen molar-refractivity contribution < 1.29 is 9.59 Å². The quantitative estimate of drug-likeness (QED) is 0.680. The number of carbonyl (C=O) groups excluding carboxylic acids is 2. The minimum absolute atomic E-state index is 0.176. The van der Waals surface area contributed by atoms with Crippen molar-refractivity contribution in [1.82, 2.24) is 15.5 Å². The van der Waals surface area contributed by atoms with Gasteiger partial charge in [0.2, 0.25) is 0 Å². The standard InChI is InChI=1S/C14H25N3O2/c1-11-5-2-3-6-12(11)16-13(18)14(19)17-9-4-7-15-8-10-17/h11-12,15H,2-10H2,1H3,(H,16,18). The molecule has 5 heteroatoms. The summed E-state index contributed by atoms with van der Waals surface area (Å²) in [5, 5.41) is 6.17. The molecule has 1 heterocycles. The number of amides is 2. The molecule has 2 aliphatic rings. The van der Waals surface area contributed by atoms with Gasteiger partial charge in [-0.15, -0.1) is 0 Å². The van der Waals surface area contributed by atoms with Crippen LogP contribution >= 0.6 is 0 Å². The molecule has 2 rings (SSSR count). The van der Waals surface area contributed by atoms with Crippen molar-refractivity contribution in [3.63, 3.8) is 0 Å². The van der Waals surface area contributed by atoms with E-state index in [-0.39, 0.29) is 11.9 Å². The van der Waals surface area contributed by atoms with E-state index in [4.69, 9.17) is 0 Å². The second-order valence-corrected chi connectivity index (χ2v) is 5.74. The zero-order valence-electron chi connectivity index (χ0n) is 11.8. The molecule has 19 heavy (non-hydrogen) atoms. The van der Waals surface area contributed by atoms with Gasteiger partial charge in [-0.2, -0.15) is 0 Å². The van der Waals surface area contributed by atoms with E-state index in [1.54, 1.807) is 4.90 Å². The first-order chi connectivity index (χ1) is 9.18. The van der Waals surface area contributed by atoms with Gasteiger partial charge in [0.1, 0.15) is 0 Å². The fourth-order valence-electron chi connectivity index (χ4n) is 2.95. The summed E-state index contributed by atoms with van der Waals surface area (Å²) in [4.78, 5) is 25.8. The third-order valence-electron chi connectivity index (χ3n) is 4.25. The second kappa shape index (κ2) is 6.89. The van der Waals surface area contributed by atoms with Crippen molar-refractivity contribution in [3.05, 3.63) is 0 Å². The van der Waals surface area contributed by atoms with Gasteiger partial charge in [0.15, 0.2) is 0 Å². The van der Waals surface area contributed by atoms with Crippen molar-refractivity contribution in [1.29, 1.82) is 0 Å². The Balaban J connectivity index is 1.85. The van der Waals surface area contributed by atoms with E-state index in [9.17, 15) is 9.59 Å². The smallest absolute Gasteiger partial charge is 0.311 e. The summed E-state index contributed by atoms with van der Waals surface area (Å²) in [6.07, 6.45) is 5.45. The molecule has 2 N–H and O–H groups in total. The van der Waals surface area contributed by atoms with Crippen molar-refractivity contribution >= 4 is 11.8 Å². The van der Waals surface area contributed by atoms with Gasteiger partial charge in [0.05, 0.1) is 0 Å². The van der Waals surface area contributed by atoms with Gasteiger partial charge in [-0.25, -0.2) is 0 Å². The molecule has 1 aliphatic carbocycles.